The van der Waals surface area contributed by atoms with Crippen LogP contribution in [0.4, 0.5) is 4.79 Å². The number of rotatable bonds is 4. The van der Waals surface area contributed by atoms with Crippen LogP contribution in [0.5, 0.6) is 0 Å². The Kier molecular flexibility index (Phi) is 6.02. The van der Waals surface area contributed by atoms with Gasteiger partial charge in [-0.3, -0.25) is 4.68 Å². The van der Waals surface area contributed by atoms with Crippen molar-refractivity contribution in [3.05, 3.63) is 11.4 Å². The number of aromatic nitrogens is 2. The number of urea groups is 1. The number of hydrogen-bond acceptors (Lipinski definition) is 4. The lowest BCUT2D eigenvalue weighted by molar-refractivity contribution is 0.163. The average Bonchev–Trinajstić information content (AvgIpc) is 2.77. The number of likely N-dealkylation sites (tertiary alicyclic amines) is 1. The maximum absolute atomic E-state index is 12.6. The summed E-state index contributed by atoms with van der Waals surface area (Å²) in [5, 5.41) is 7.14. The van der Waals surface area contributed by atoms with E-state index in [0.717, 1.165) is 12.8 Å². The first-order valence-corrected chi connectivity index (χ1v) is 10.5. The summed E-state index contributed by atoms with van der Waals surface area (Å²) in [5.41, 5.74) is 0.873. The second kappa shape index (κ2) is 7.56. The van der Waals surface area contributed by atoms with Crippen molar-refractivity contribution in [2.45, 2.75) is 57.9 Å². The van der Waals surface area contributed by atoms with Gasteiger partial charge in [0.2, 0.25) is 10.0 Å². The van der Waals surface area contributed by atoms with Crippen molar-refractivity contribution < 1.29 is 13.2 Å². The van der Waals surface area contributed by atoms with Gasteiger partial charge in [0.25, 0.3) is 0 Å². The van der Waals surface area contributed by atoms with Gasteiger partial charge in [-0.1, -0.05) is 0 Å². The number of carbonyl (C=O) groups is 1. The summed E-state index contributed by atoms with van der Waals surface area (Å²) in [5.74, 6) is 0.223. The summed E-state index contributed by atoms with van der Waals surface area (Å²) in [6, 6.07) is -0.0573. The molecular formula is C17H31N5O3S. The molecule has 1 aliphatic rings. The maximum atomic E-state index is 12.6. The number of piperidine rings is 1. The molecule has 26 heavy (non-hydrogen) atoms. The Balaban J connectivity index is 1.89. The van der Waals surface area contributed by atoms with Crippen molar-refractivity contribution in [1.82, 2.24) is 24.7 Å². The van der Waals surface area contributed by atoms with Crippen molar-refractivity contribution in [2.75, 3.05) is 19.6 Å². The third-order valence-corrected chi connectivity index (χ3v) is 6.33. The standard InChI is InChI=1S/C17H31N5O3S/c1-12-15(13(2)21(6)20-12)26(24,25)18-11-14-7-9-22(10-8-14)16(23)19-17(3,4)5/h14,18H,7-11H2,1-6H3,(H,19,23). The summed E-state index contributed by atoms with van der Waals surface area (Å²) in [4.78, 5) is 14.3. The third-order valence-electron chi connectivity index (χ3n) is 4.66. The molecule has 0 aromatic carbocycles. The first kappa shape index (κ1) is 20.7. The van der Waals surface area contributed by atoms with Crippen LogP contribution in [0.15, 0.2) is 4.90 Å². The monoisotopic (exact) mass is 385 g/mol. The Labute approximate surface area is 156 Å². The quantitative estimate of drug-likeness (QED) is 0.822. The van der Waals surface area contributed by atoms with Crippen LogP contribution in [0, 0.1) is 19.8 Å². The zero-order valence-corrected chi connectivity index (χ0v) is 17.4. The minimum atomic E-state index is -3.58. The zero-order chi connectivity index (χ0) is 19.7. The van der Waals surface area contributed by atoms with Crippen LogP contribution < -0.4 is 10.0 Å². The van der Waals surface area contributed by atoms with E-state index >= 15 is 0 Å². The molecule has 0 unspecified atom stereocenters. The zero-order valence-electron chi connectivity index (χ0n) is 16.6. The smallest absolute Gasteiger partial charge is 0.317 e. The fourth-order valence-electron chi connectivity index (χ4n) is 3.18. The van der Waals surface area contributed by atoms with E-state index < -0.39 is 10.0 Å². The molecule has 148 valence electrons. The lowest BCUT2D eigenvalue weighted by atomic mass is 9.97. The normalized spacial score (nSPS) is 16.8. The molecule has 1 aromatic rings. The molecule has 2 N–H and O–H groups in total. The molecule has 1 fully saturated rings. The van der Waals surface area contributed by atoms with Crippen LogP contribution in [-0.2, 0) is 17.1 Å². The molecule has 2 heterocycles. The predicted molar refractivity (Wildman–Crippen MR) is 100 cm³/mol. The van der Waals surface area contributed by atoms with Gasteiger partial charge in [-0.2, -0.15) is 5.10 Å². The average molecular weight is 386 g/mol. The number of nitrogens with zero attached hydrogens (tertiary/aromatic N) is 3. The van der Waals surface area contributed by atoms with E-state index in [-0.39, 0.29) is 22.4 Å². The Hall–Kier alpha value is -1.61. The molecule has 9 heteroatoms. The molecule has 1 saturated heterocycles. The number of aryl methyl sites for hydroxylation is 2. The fourth-order valence-corrected chi connectivity index (χ4v) is 4.73. The Bertz CT molecular complexity index is 756. The van der Waals surface area contributed by atoms with Crippen molar-refractivity contribution in [1.29, 1.82) is 0 Å². The summed E-state index contributed by atoms with van der Waals surface area (Å²) >= 11 is 0. The molecule has 0 spiro atoms. The van der Waals surface area contributed by atoms with E-state index in [4.69, 9.17) is 0 Å². The van der Waals surface area contributed by atoms with E-state index in [9.17, 15) is 13.2 Å². The van der Waals surface area contributed by atoms with Gasteiger partial charge in [0.15, 0.2) is 0 Å². The SMILES string of the molecule is Cc1nn(C)c(C)c1S(=O)(=O)NCC1CCN(C(=O)NC(C)(C)C)CC1. The van der Waals surface area contributed by atoms with Crippen molar-refractivity contribution in [3.8, 4) is 0 Å². The highest BCUT2D eigenvalue weighted by molar-refractivity contribution is 7.89. The molecular weight excluding hydrogens is 354 g/mol. The lowest BCUT2D eigenvalue weighted by Gasteiger charge is -2.34. The third kappa shape index (κ3) is 4.97. The highest BCUT2D eigenvalue weighted by Gasteiger charge is 2.28. The van der Waals surface area contributed by atoms with Gasteiger partial charge in [0.05, 0.1) is 11.4 Å². The van der Waals surface area contributed by atoms with E-state index in [2.05, 4.69) is 15.1 Å². The van der Waals surface area contributed by atoms with Crippen LogP contribution in [0.1, 0.15) is 45.0 Å². The minimum Gasteiger partial charge on any atom is -0.333 e. The molecule has 1 aliphatic heterocycles. The summed E-state index contributed by atoms with van der Waals surface area (Å²) in [7, 11) is -1.84. The molecule has 0 radical (unpaired) electrons. The summed E-state index contributed by atoms with van der Waals surface area (Å²) in [6.07, 6.45) is 1.57. The summed E-state index contributed by atoms with van der Waals surface area (Å²) < 4.78 is 29.5. The van der Waals surface area contributed by atoms with Gasteiger partial charge >= 0.3 is 6.03 Å². The van der Waals surface area contributed by atoms with Gasteiger partial charge in [-0.25, -0.2) is 17.9 Å². The van der Waals surface area contributed by atoms with Crippen molar-refractivity contribution >= 4 is 16.1 Å². The lowest BCUT2D eigenvalue weighted by Crippen LogP contribution is -2.51. The second-order valence-electron chi connectivity index (χ2n) is 8.09. The molecule has 1 aromatic heterocycles. The minimum absolute atomic E-state index is 0.0573. The van der Waals surface area contributed by atoms with E-state index in [1.165, 1.54) is 0 Å². The van der Waals surface area contributed by atoms with Crippen molar-refractivity contribution in [2.24, 2.45) is 13.0 Å². The summed E-state index contributed by atoms with van der Waals surface area (Å²) in [6.45, 7) is 11.0. The molecule has 8 nitrogen and oxygen atoms in total. The molecule has 0 saturated carbocycles. The Morgan fingerprint density at radius 1 is 1.23 bits per heavy atom. The van der Waals surface area contributed by atoms with E-state index in [1.807, 2.05) is 20.8 Å². The van der Waals surface area contributed by atoms with Gasteiger partial charge in [-0.15, -0.1) is 0 Å². The molecule has 0 aliphatic carbocycles. The van der Waals surface area contributed by atoms with Crippen LogP contribution in [0.3, 0.4) is 0 Å². The van der Waals surface area contributed by atoms with Crippen LogP contribution >= 0.6 is 0 Å². The van der Waals surface area contributed by atoms with Gasteiger partial charge in [0, 0.05) is 32.2 Å². The molecule has 2 amide bonds. The number of sulfonamides is 1. The van der Waals surface area contributed by atoms with E-state index in [1.54, 1.807) is 30.5 Å². The van der Waals surface area contributed by atoms with Crippen LogP contribution in [0.2, 0.25) is 0 Å². The first-order chi connectivity index (χ1) is 11.9. The highest BCUT2D eigenvalue weighted by Crippen LogP contribution is 2.21. The largest absolute Gasteiger partial charge is 0.333 e. The van der Waals surface area contributed by atoms with Crippen LogP contribution in [0.25, 0.3) is 0 Å². The first-order valence-electron chi connectivity index (χ1n) is 8.97. The topological polar surface area (TPSA) is 96.3 Å². The van der Waals surface area contributed by atoms with Gasteiger partial charge < -0.3 is 10.2 Å². The van der Waals surface area contributed by atoms with Crippen LogP contribution in [-0.4, -0.2) is 54.3 Å². The number of hydrogen-bond donors (Lipinski definition) is 2. The number of nitrogens with one attached hydrogen (secondary N) is 2. The second-order valence-corrected chi connectivity index (χ2v) is 9.79. The molecule has 0 atom stereocenters. The molecule has 0 bridgehead atoms. The maximum Gasteiger partial charge on any atom is 0.317 e. The van der Waals surface area contributed by atoms with Gasteiger partial charge in [-0.05, 0) is 53.4 Å². The Morgan fingerprint density at radius 2 is 1.81 bits per heavy atom. The van der Waals surface area contributed by atoms with Gasteiger partial charge in [0.1, 0.15) is 4.90 Å². The predicted octanol–water partition coefficient (Wildman–Crippen LogP) is 1.54. The fraction of sp³-hybridized carbons (Fsp3) is 0.765. The highest BCUT2D eigenvalue weighted by atomic mass is 32.2. The Morgan fingerprint density at radius 3 is 2.27 bits per heavy atom. The number of carbonyl (C=O) groups excluding carboxylic acids is 1. The van der Waals surface area contributed by atoms with Crippen molar-refractivity contribution in [3.63, 3.8) is 0 Å². The number of amides is 2. The van der Waals surface area contributed by atoms with E-state index in [0.29, 0.717) is 31.0 Å². The molecule has 2 rings (SSSR count).